The zero-order valence-corrected chi connectivity index (χ0v) is 12.0. The molecule has 1 fully saturated rings. The monoisotopic (exact) mass is 277 g/mol. The normalized spacial score (nSPS) is 16.8. The second-order valence-electron chi connectivity index (χ2n) is 5.06. The standard InChI is InChI=1S/C15H23N3O2/c1-20-14-5-3-13(4-6-14)12-17-7-2-8-18(10-9-17)15(19)11-16/h3-6H,2,7-12,16H2,1H3. The summed E-state index contributed by atoms with van der Waals surface area (Å²) in [4.78, 5) is 15.9. The highest BCUT2D eigenvalue weighted by atomic mass is 16.5. The number of rotatable bonds is 4. The fourth-order valence-corrected chi connectivity index (χ4v) is 2.50. The lowest BCUT2D eigenvalue weighted by Crippen LogP contribution is -2.38. The number of hydrogen-bond donors (Lipinski definition) is 1. The van der Waals surface area contributed by atoms with Crippen LogP contribution >= 0.6 is 0 Å². The maximum atomic E-state index is 11.6. The van der Waals surface area contributed by atoms with Crippen LogP contribution in [0.2, 0.25) is 0 Å². The van der Waals surface area contributed by atoms with Crippen LogP contribution in [0.1, 0.15) is 12.0 Å². The Labute approximate surface area is 120 Å². The van der Waals surface area contributed by atoms with Crippen LogP contribution in [0, 0.1) is 0 Å². The van der Waals surface area contributed by atoms with Gasteiger partial charge in [0.05, 0.1) is 13.7 Å². The van der Waals surface area contributed by atoms with Crippen LogP contribution in [0.25, 0.3) is 0 Å². The molecule has 1 saturated heterocycles. The minimum absolute atomic E-state index is 0.0521. The number of benzene rings is 1. The van der Waals surface area contributed by atoms with Gasteiger partial charge >= 0.3 is 0 Å². The van der Waals surface area contributed by atoms with Crippen molar-refractivity contribution in [2.75, 3.05) is 39.8 Å². The van der Waals surface area contributed by atoms with Crippen LogP contribution < -0.4 is 10.5 Å². The molecule has 1 aliphatic heterocycles. The van der Waals surface area contributed by atoms with Crippen LogP contribution in [0.15, 0.2) is 24.3 Å². The highest BCUT2D eigenvalue weighted by molar-refractivity contribution is 5.78. The van der Waals surface area contributed by atoms with Crippen molar-refractivity contribution in [3.05, 3.63) is 29.8 Å². The number of nitrogens with zero attached hydrogens (tertiary/aromatic N) is 2. The van der Waals surface area contributed by atoms with Gasteiger partial charge in [-0.3, -0.25) is 9.69 Å². The smallest absolute Gasteiger partial charge is 0.236 e. The second-order valence-corrected chi connectivity index (χ2v) is 5.06. The molecule has 1 heterocycles. The summed E-state index contributed by atoms with van der Waals surface area (Å²) < 4.78 is 5.16. The van der Waals surface area contributed by atoms with Crippen LogP contribution in [0.3, 0.4) is 0 Å². The maximum absolute atomic E-state index is 11.6. The predicted octanol–water partition coefficient (Wildman–Crippen LogP) is 0.688. The van der Waals surface area contributed by atoms with Crippen molar-refractivity contribution < 1.29 is 9.53 Å². The zero-order chi connectivity index (χ0) is 14.4. The first kappa shape index (κ1) is 14.8. The van der Waals surface area contributed by atoms with Gasteiger partial charge < -0.3 is 15.4 Å². The van der Waals surface area contributed by atoms with Crippen LogP contribution in [0.4, 0.5) is 0 Å². The fourth-order valence-electron chi connectivity index (χ4n) is 2.50. The summed E-state index contributed by atoms with van der Waals surface area (Å²) in [6.45, 7) is 4.52. The van der Waals surface area contributed by atoms with E-state index < -0.39 is 0 Å². The number of methoxy groups -OCH3 is 1. The Bertz CT molecular complexity index is 433. The van der Waals surface area contributed by atoms with Gasteiger partial charge in [0.1, 0.15) is 5.75 Å². The first-order valence-electron chi connectivity index (χ1n) is 7.06. The summed E-state index contributed by atoms with van der Waals surface area (Å²) >= 11 is 0. The van der Waals surface area contributed by atoms with Gasteiger partial charge in [-0.25, -0.2) is 0 Å². The Kier molecular flexibility index (Phi) is 5.38. The maximum Gasteiger partial charge on any atom is 0.236 e. The van der Waals surface area contributed by atoms with Crippen molar-refractivity contribution in [3.63, 3.8) is 0 Å². The van der Waals surface area contributed by atoms with Gasteiger partial charge in [-0.2, -0.15) is 0 Å². The number of carbonyl (C=O) groups excluding carboxylic acids is 1. The van der Waals surface area contributed by atoms with Crippen LogP contribution in [0.5, 0.6) is 5.75 Å². The molecular formula is C15H23N3O2. The van der Waals surface area contributed by atoms with Crippen molar-refractivity contribution in [1.29, 1.82) is 0 Å². The van der Waals surface area contributed by atoms with Crippen molar-refractivity contribution >= 4 is 5.91 Å². The number of ether oxygens (including phenoxy) is 1. The van der Waals surface area contributed by atoms with E-state index in [1.54, 1.807) is 7.11 Å². The van der Waals surface area contributed by atoms with Gasteiger partial charge in [0.15, 0.2) is 0 Å². The van der Waals surface area contributed by atoms with Gasteiger partial charge in [0.2, 0.25) is 5.91 Å². The highest BCUT2D eigenvalue weighted by Crippen LogP contribution is 2.14. The first-order chi connectivity index (χ1) is 9.72. The quantitative estimate of drug-likeness (QED) is 0.879. The topological polar surface area (TPSA) is 58.8 Å². The average Bonchev–Trinajstić information content (AvgIpc) is 2.73. The lowest BCUT2D eigenvalue weighted by molar-refractivity contribution is -0.129. The highest BCUT2D eigenvalue weighted by Gasteiger charge is 2.17. The van der Waals surface area contributed by atoms with E-state index in [1.807, 2.05) is 17.0 Å². The molecule has 0 aliphatic carbocycles. The van der Waals surface area contributed by atoms with Crippen LogP contribution in [-0.2, 0) is 11.3 Å². The summed E-state index contributed by atoms with van der Waals surface area (Å²) in [5.41, 5.74) is 6.69. The third-order valence-electron chi connectivity index (χ3n) is 3.68. The molecule has 0 radical (unpaired) electrons. The molecular weight excluding hydrogens is 254 g/mol. The molecule has 0 aromatic heterocycles. The number of hydrogen-bond acceptors (Lipinski definition) is 4. The Morgan fingerprint density at radius 1 is 1.20 bits per heavy atom. The third kappa shape index (κ3) is 3.95. The molecule has 2 rings (SSSR count). The second kappa shape index (κ2) is 7.26. The van der Waals surface area contributed by atoms with E-state index in [0.29, 0.717) is 0 Å². The van der Waals surface area contributed by atoms with Crippen molar-refractivity contribution in [3.8, 4) is 5.75 Å². The number of nitrogens with two attached hydrogens (primary N) is 1. The molecule has 20 heavy (non-hydrogen) atoms. The average molecular weight is 277 g/mol. The van der Waals surface area contributed by atoms with Gasteiger partial charge in [0, 0.05) is 32.7 Å². The van der Waals surface area contributed by atoms with Crippen molar-refractivity contribution in [2.24, 2.45) is 5.73 Å². The molecule has 0 bridgehead atoms. The molecule has 5 heteroatoms. The van der Waals surface area contributed by atoms with E-state index in [0.717, 1.165) is 44.9 Å². The predicted molar refractivity (Wildman–Crippen MR) is 78.5 cm³/mol. The van der Waals surface area contributed by atoms with Crippen LogP contribution in [-0.4, -0.2) is 55.5 Å². The van der Waals surface area contributed by atoms with Gasteiger partial charge in [0.25, 0.3) is 0 Å². The molecule has 0 spiro atoms. The molecule has 1 aromatic carbocycles. The molecule has 0 saturated carbocycles. The molecule has 110 valence electrons. The van der Waals surface area contributed by atoms with E-state index in [2.05, 4.69) is 17.0 Å². The SMILES string of the molecule is COc1ccc(CN2CCCN(C(=O)CN)CC2)cc1. The lowest BCUT2D eigenvalue weighted by Gasteiger charge is -2.21. The molecule has 0 atom stereocenters. The summed E-state index contributed by atoms with van der Waals surface area (Å²) in [6.07, 6.45) is 1.00. The minimum Gasteiger partial charge on any atom is -0.497 e. The molecule has 1 amide bonds. The minimum atomic E-state index is 0.0521. The number of amides is 1. The van der Waals surface area contributed by atoms with E-state index in [9.17, 15) is 4.79 Å². The first-order valence-corrected chi connectivity index (χ1v) is 7.06. The zero-order valence-electron chi connectivity index (χ0n) is 12.0. The summed E-state index contributed by atoms with van der Waals surface area (Å²) in [6, 6.07) is 8.15. The van der Waals surface area contributed by atoms with Gasteiger partial charge in [-0.05, 0) is 24.1 Å². The molecule has 1 aliphatic rings. The number of carbonyl (C=O) groups is 1. The Balaban J connectivity index is 1.88. The van der Waals surface area contributed by atoms with Crippen molar-refractivity contribution in [2.45, 2.75) is 13.0 Å². The summed E-state index contributed by atoms with van der Waals surface area (Å²) in [5, 5.41) is 0. The van der Waals surface area contributed by atoms with E-state index in [4.69, 9.17) is 10.5 Å². The lowest BCUT2D eigenvalue weighted by atomic mass is 10.2. The Hall–Kier alpha value is -1.59. The largest absolute Gasteiger partial charge is 0.497 e. The third-order valence-corrected chi connectivity index (χ3v) is 3.68. The van der Waals surface area contributed by atoms with Crippen molar-refractivity contribution in [1.82, 2.24) is 9.80 Å². The Morgan fingerprint density at radius 2 is 1.95 bits per heavy atom. The molecule has 2 N–H and O–H groups in total. The van der Waals surface area contributed by atoms with E-state index >= 15 is 0 Å². The molecule has 5 nitrogen and oxygen atoms in total. The summed E-state index contributed by atoms with van der Waals surface area (Å²) in [7, 11) is 1.67. The van der Waals surface area contributed by atoms with Gasteiger partial charge in [-0.15, -0.1) is 0 Å². The van der Waals surface area contributed by atoms with Gasteiger partial charge in [-0.1, -0.05) is 12.1 Å². The summed E-state index contributed by atoms with van der Waals surface area (Å²) in [5.74, 6) is 0.931. The molecule has 0 unspecified atom stereocenters. The molecule has 1 aromatic rings. The van der Waals surface area contributed by atoms with E-state index in [1.165, 1.54) is 5.56 Å². The van der Waals surface area contributed by atoms with E-state index in [-0.39, 0.29) is 12.5 Å². The Morgan fingerprint density at radius 3 is 2.60 bits per heavy atom. The fraction of sp³-hybridized carbons (Fsp3) is 0.533.